The van der Waals surface area contributed by atoms with Crippen LogP contribution < -0.4 is 0 Å². The van der Waals surface area contributed by atoms with E-state index in [-0.39, 0.29) is 11.8 Å². The summed E-state index contributed by atoms with van der Waals surface area (Å²) >= 11 is 2.98. The van der Waals surface area contributed by atoms with Crippen LogP contribution in [0.5, 0.6) is 0 Å². The Bertz CT molecular complexity index is 178. The highest BCUT2D eigenvalue weighted by Crippen LogP contribution is 2.17. The van der Waals surface area contributed by atoms with Crippen molar-refractivity contribution in [1.82, 2.24) is 4.03 Å². The Kier molecular flexibility index (Phi) is 1.57. The third-order valence-corrected chi connectivity index (χ3v) is 1.93. The van der Waals surface area contributed by atoms with Crippen molar-refractivity contribution in [1.29, 1.82) is 0 Å². The van der Waals surface area contributed by atoms with Gasteiger partial charge >= 0.3 is 0 Å². The minimum atomic E-state index is -0.0515. The SMILES string of the molecule is CC1=NN(Br)C(=O)C1C. The van der Waals surface area contributed by atoms with Gasteiger partial charge in [0.05, 0.1) is 22.1 Å². The van der Waals surface area contributed by atoms with Crippen molar-refractivity contribution in [3.8, 4) is 0 Å². The Balaban J connectivity index is 2.82. The molecule has 50 valence electrons. The molecule has 0 saturated heterocycles. The minimum Gasteiger partial charge on any atom is -0.271 e. The topological polar surface area (TPSA) is 32.7 Å². The second-order valence-electron chi connectivity index (χ2n) is 2.06. The van der Waals surface area contributed by atoms with Gasteiger partial charge in [-0.1, -0.05) is 0 Å². The lowest BCUT2D eigenvalue weighted by atomic mass is 10.1. The van der Waals surface area contributed by atoms with Crippen LogP contribution in [0.25, 0.3) is 0 Å². The second-order valence-corrected chi connectivity index (χ2v) is 2.73. The van der Waals surface area contributed by atoms with Gasteiger partial charge in [-0.2, -0.15) is 9.14 Å². The number of carbonyl (C=O) groups is 1. The molecule has 0 aliphatic carbocycles. The molecule has 0 fully saturated rings. The molecule has 0 aromatic carbocycles. The molecule has 0 N–H and O–H groups in total. The van der Waals surface area contributed by atoms with E-state index in [2.05, 4.69) is 21.2 Å². The zero-order valence-electron chi connectivity index (χ0n) is 5.26. The number of hydrazone groups is 1. The van der Waals surface area contributed by atoms with Crippen molar-refractivity contribution in [3.63, 3.8) is 0 Å². The van der Waals surface area contributed by atoms with Gasteiger partial charge in [0.15, 0.2) is 0 Å². The van der Waals surface area contributed by atoms with Crippen LogP contribution in [0.2, 0.25) is 0 Å². The highest BCUT2D eigenvalue weighted by molar-refractivity contribution is 9.07. The van der Waals surface area contributed by atoms with E-state index >= 15 is 0 Å². The molecule has 0 radical (unpaired) electrons. The maximum Gasteiger partial charge on any atom is 0.261 e. The molecule has 0 bridgehead atoms. The van der Waals surface area contributed by atoms with Gasteiger partial charge in [0.2, 0.25) is 0 Å². The average molecular weight is 191 g/mol. The van der Waals surface area contributed by atoms with Crippen molar-refractivity contribution in [2.45, 2.75) is 13.8 Å². The van der Waals surface area contributed by atoms with Crippen LogP contribution >= 0.6 is 16.1 Å². The van der Waals surface area contributed by atoms with Crippen molar-refractivity contribution in [3.05, 3.63) is 0 Å². The molecular weight excluding hydrogens is 184 g/mol. The van der Waals surface area contributed by atoms with Crippen LogP contribution in [0.15, 0.2) is 5.10 Å². The molecule has 1 amide bonds. The molecule has 0 saturated carbocycles. The van der Waals surface area contributed by atoms with Gasteiger partial charge in [-0.25, -0.2) is 0 Å². The van der Waals surface area contributed by atoms with Gasteiger partial charge in [-0.05, 0) is 13.8 Å². The average Bonchev–Trinajstić information content (AvgIpc) is 1.98. The molecule has 1 aliphatic heterocycles. The molecule has 1 atom stereocenters. The monoisotopic (exact) mass is 190 g/mol. The highest BCUT2D eigenvalue weighted by atomic mass is 79.9. The fraction of sp³-hybridized carbons (Fsp3) is 0.600. The first-order valence-corrected chi connectivity index (χ1v) is 3.38. The molecule has 1 unspecified atom stereocenters. The summed E-state index contributed by atoms with van der Waals surface area (Å²) in [5, 5.41) is 3.87. The van der Waals surface area contributed by atoms with E-state index in [1.54, 1.807) is 0 Å². The molecule has 4 heteroatoms. The fourth-order valence-corrected chi connectivity index (χ4v) is 1.17. The smallest absolute Gasteiger partial charge is 0.261 e. The summed E-state index contributed by atoms with van der Waals surface area (Å²) in [6.07, 6.45) is 0. The van der Waals surface area contributed by atoms with Crippen molar-refractivity contribution in [2.24, 2.45) is 11.0 Å². The maximum absolute atomic E-state index is 10.9. The van der Waals surface area contributed by atoms with Crippen LogP contribution in [0, 0.1) is 5.92 Å². The predicted octanol–water partition coefficient (Wildman–Crippen LogP) is 1.15. The molecular formula is C5H7BrN2O. The van der Waals surface area contributed by atoms with Gasteiger partial charge in [0.25, 0.3) is 5.91 Å². The number of hydrogen-bond acceptors (Lipinski definition) is 2. The third-order valence-electron chi connectivity index (χ3n) is 1.42. The zero-order valence-corrected chi connectivity index (χ0v) is 6.84. The number of carbonyl (C=O) groups excluding carboxylic acids is 1. The molecule has 0 aromatic rings. The number of hydrogen-bond donors (Lipinski definition) is 0. The number of rotatable bonds is 0. The molecule has 0 spiro atoms. The minimum absolute atomic E-state index is 0.00694. The standard InChI is InChI=1S/C5H7BrN2O/c1-3-4(2)7-8(6)5(3)9/h3H,1-2H3. The molecule has 1 rings (SSSR count). The van der Waals surface area contributed by atoms with Crippen LogP contribution in [-0.2, 0) is 4.79 Å². The Morgan fingerprint density at radius 3 is 2.44 bits per heavy atom. The Labute approximate surface area is 62.1 Å². The highest BCUT2D eigenvalue weighted by Gasteiger charge is 2.27. The zero-order chi connectivity index (χ0) is 7.02. The first-order chi connectivity index (χ1) is 4.13. The van der Waals surface area contributed by atoms with Crippen molar-refractivity contribution in [2.75, 3.05) is 0 Å². The first kappa shape index (κ1) is 6.74. The number of halogens is 1. The van der Waals surface area contributed by atoms with E-state index in [1.807, 2.05) is 13.8 Å². The summed E-state index contributed by atoms with van der Waals surface area (Å²) in [7, 11) is 0. The first-order valence-electron chi connectivity index (χ1n) is 2.68. The van der Waals surface area contributed by atoms with Crippen LogP contribution in [0.4, 0.5) is 0 Å². The predicted molar refractivity (Wildman–Crippen MR) is 38.0 cm³/mol. The summed E-state index contributed by atoms with van der Waals surface area (Å²) in [6.45, 7) is 3.67. The molecule has 0 aromatic heterocycles. The van der Waals surface area contributed by atoms with Crippen LogP contribution in [-0.4, -0.2) is 15.7 Å². The summed E-state index contributed by atoms with van der Waals surface area (Å²) < 4.78 is 1.20. The molecule has 3 nitrogen and oxygen atoms in total. The lowest BCUT2D eigenvalue weighted by Gasteiger charge is -1.99. The molecule has 1 heterocycles. The van der Waals surface area contributed by atoms with E-state index in [1.165, 1.54) is 4.03 Å². The van der Waals surface area contributed by atoms with E-state index < -0.39 is 0 Å². The van der Waals surface area contributed by atoms with Crippen LogP contribution in [0.1, 0.15) is 13.8 Å². The number of nitrogens with zero attached hydrogens (tertiary/aromatic N) is 2. The number of amides is 1. The van der Waals surface area contributed by atoms with E-state index in [4.69, 9.17) is 0 Å². The van der Waals surface area contributed by atoms with Gasteiger partial charge in [-0.3, -0.25) is 4.79 Å². The van der Waals surface area contributed by atoms with Crippen molar-refractivity contribution >= 4 is 27.8 Å². The quantitative estimate of drug-likeness (QED) is 0.528. The second kappa shape index (κ2) is 2.10. The Morgan fingerprint density at radius 1 is 1.78 bits per heavy atom. The van der Waals surface area contributed by atoms with Gasteiger partial charge in [0, 0.05) is 5.71 Å². The van der Waals surface area contributed by atoms with Gasteiger partial charge in [-0.15, -0.1) is 0 Å². The van der Waals surface area contributed by atoms with E-state index in [0.717, 1.165) is 5.71 Å². The summed E-state index contributed by atoms with van der Waals surface area (Å²) in [5.41, 5.74) is 0.858. The van der Waals surface area contributed by atoms with E-state index in [0.29, 0.717) is 0 Å². The normalized spacial score (nSPS) is 27.0. The summed E-state index contributed by atoms with van der Waals surface area (Å²) in [6, 6.07) is 0. The summed E-state index contributed by atoms with van der Waals surface area (Å²) in [4.78, 5) is 10.9. The summed E-state index contributed by atoms with van der Waals surface area (Å²) in [5.74, 6) is -0.0446. The van der Waals surface area contributed by atoms with Gasteiger partial charge in [0.1, 0.15) is 0 Å². The lowest BCUT2D eigenvalue weighted by Crippen LogP contribution is -2.17. The van der Waals surface area contributed by atoms with Crippen molar-refractivity contribution < 1.29 is 4.79 Å². The van der Waals surface area contributed by atoms with Crippen LogP contribution in [0.3, 0.4) is 0 Å². The fourth-order valence-electron chi connectivity index (χ4n) is 0.613. The Hall–Kier alpha value is -0.380. The third kappa shape index (κ3) is 0.986. The molecule has 9 heavy (non-hydrogen) atoms. The molecule has 1 aliphatic rings. The van der Waals surface area contributed by atoms with Gasteiger partial charge < -0.3 is 0 Å². The van der Waals surface area contributed by atoms with E-state index in [9.17, 15) is 4.79 Å². The maximum atomic E-state index is 10.9. The lowest BCUT2D eigenvalue weighted by molar-refractivity contribution is -0.126. The Morgan fingerprint density at radius 2 is 2.33 bits per heavy atom. The largest absolute Gasteiger partial charge is 0.271 e.